The minimum absolute atomic E-state index is 0.327. The molecule has 0 aliphatic carbocycles. The number of rotatable bonds is 5. The molecule has 16 heavy (non-hydrogen) atoms. The average Bonchev–Trinajstić information content (AvgIpc) is 2.26. The third kappa shape index (κ3) is 2.85. The number of carboxylic acids is 1. The van der Waals surface area contributed by atoms with E-state index in [2.05, 4.69) is 0 Å². The van der Waals surface area contributed by atoms with E-state index in [-0.39, 0.29) is 5.78 Å². The first-order valence-corrected chi connectivity index (χ1v) is 6.23. The van der Waals surface area contributed by atoms with Crippen molar-refractivity contribution in [1.82, 2.24) is 0 Å². The maximum Gasteiger partial charge on any atom is 0.311 e. The second kappa shape index (κ2) is 5.70. The summed E-state index contributed by atoms with van der Waals surface area (Å²) in [4.78, 5) is 23.1. The van der Waals surface area contributed by atoms with Crippen molar-refractivity contribution in [3.8, 4) is 0 Å². The summed E-state index contributed by atoms with van der Waals surface area (Å²) in [7, 11) is 0. The Balaban J connectivity index is 3.12. The number of Topliss-reactive ketones (excluding diaryl/α,β-unsaturated/α-hetero) is 1. The van der Waals surface area contributed by atoms with Crippen molar-refractivity contribution in [3.05, 3.63) is 29.3 Å². The maximum atomic E-state index is 11.7. The van der Waals surface area contributed by atoms with E-state index in [1.165, 1.54) is 11.8 Å². The Labute approximate surface area is 98.9 Å². The van der Waals surface area contributed by atoms with Gasteiger partial charge in [0.25, 0.3) is 0 Å². The summed E-state index contributed by atoms with van der Waals surface area (Å²) in [6.07, 6.45) is 2.29. The van der Waals surface area contributed by atoms with Crippen LogP contribution in [-0.2, 0) is 11.2 Å². The predicted molar refractivity (Wildman–Crippen MR) is 64.2 cm³/mol. The van der Waals surface area contributed by atoms with E-state index in [4.69, 9.17) is 5.11 Å². The van der Waals surface area contributed by atoms with Gasteiger partial charge in [-0.2, -0.15) is 0 Å². The van der Waals surface area contributed by atoms with Crippen molar-refractivity contribution in [2.75, 3.05) is 6.26 Å². The fraction of sp³-hybridized carbons (Fsp3) is 0.333. The third-order valence-corrected chi connectivity index (χ3v) is 3.18. The molecule has 1 N–H and O–H groups in total. The van der Waals surface area contributed by atoms with Gasteiger partial charge in [0.2, 0.25) is 0 Å². The number of carbonyl (C=O) groups is 2. The molecule has 0 heterocycles. The van der Waals surface area contributed by atoms with Crippen LogP contribution in [0.5, 0.6) is 0 Å². The topological polar surface area (TPSA) is 54.4 Å². The quantitative estimate of drug-likeness (QED) is 0.486. The normalized spacial score (nSPS) is 10.1. The summed E-state index contributed by atoms with van der Waals surface area (Å²) in [5.74, 6) is -1.41. The molecule has 1 aromatic rings. The van der Waals surface area contributed by atoms with Crippen LogP contribution in [0.2, 0.25) is 0 Å². The highest BCUT2D eigenvalue weighted by Crippen LogP contribution is 2.26. The lowest BCUT2D eigenvalue weighted by molar-refractivity contribution is -0.135. The molecule has 0 saturated carbocycles. The van der Waals surface area contributed by atoms with Gasteiger partial charge in [-0.05, 0) is 18.2 Å². The number of carboxylic acid groups (broad SMARTS) is 1. The van der Waals surface area contributed by atoms with Gasteiger partial charge in [0, 0.05) is 10.5 Å². The van der Waals surface area contributed by atoms with Crippen LogP contribution in [0.3, 0.4) is 0 Å². The number of thioether (sulfide) groups is 1. The second-order valence-electron chi connectivity index (χ2n) is 3.35. The zero-order valence-electron chi connectivity index (χ0n) is 9.32. The van der Waals surface area contributed by atoms with Crippen LogP contribution in [0, 0.1) is 0 Å². The third-order valence-electron chi connectivity index (χ3n) is 2.29. The monoisotopic (exact) mass is 238 g/mol. The van der Waals surface area contributed by atoms with E-state index in [0.29, 0.717) is 5.56 Å². The first-order valence-electron chi connectivity index (χ1n) is 5.01. The van der Waals surface area contributed by atoms with Crippen molar-refractivity contribution < 1.29 is 14.7 Å². The number of ketones is 1. The molecule has 0 aliphatic rings. The van der Waals surface area contributed by atoms with Crippen molar-refractivity contribution in [3.63, 3.8) is 0 Å². The van der Waals surface area contributed by atoms with E-state index >= 15 is 0 Å². The van der Waals surface area contributed by atoms with E-state index in [1.807, 2.05) is 19.2 Å². The molecule has 0 aliphatic heterocycles. The van der Waals surface area contributed by atoms with Crippen LogP contribution in [0.1, 0.15) is 29.3 Å². The number of carbonyl (C=O) groups excluding carboxylic acids is 1. The van der Waals surface area contributed by atoms with Crippen LogP contribution in [0.15, 0.2) is 23.1 Å². The Kier molecular flexibility index (Phi) is 4.55. The molecule has 0 radical (unpaired) electrons. The van der Waals surface area contributed by atoms with Crippen molar-refractivity contribution >= 4 is 23.5 Å². The molecule has 0 aromatic heterocycles. The summed E-state index contributed by atoms with van der Waals surface area (Å²) < 4.78 is 0. The summed E-state index contributed by atoms with van der Waals surface area (Å²) in [5.41, 5.74) is 1.61. The number of aliphatic carboxylic acids is 1. The average molecular weight is 238 g/mol. The molecule has 0 saturated heterocycles. The molecule has 0 unspecified atom stereocenters. The van der Waals surface area contributed by atoms with Crippen molar-refractivity contribution in [2.24, 2.45) is 0 Å². The van der Waals surface area contributed by atoms with Crippen molar-refractivity contribution in [1.29, 1.82) is 0 Å². The molecule has 0 atom stereocenters. The SMILES string of the molecule is CCc1cccc(C(=O)CC(=O)O)c1SC. The minimum Gasteiger partial charge on any atom is -0.481 e. The Morgan fingerprint density at radius 3 is 2.56 bits per heavy atom. The summed E-state index contributed by atoms with van der Waals surface area (Å²) in [6, 6.07) is 5.45. The number of aryl methyl sites for hydroxylation is 1. The molecule has 4 heteroatoms. The lowest BCUT2D eigenvalue weighted by Gasteiger charge is -2.09. The summed E-state index contributed by atoms with van der Waals surface area (Å²) in [6.45, 7) is 2.01. The molecule has 0 fully saturated rings. The zero-order chi connectivity index (χ0) is 12.1. The first-order chi connectivity index (χ1) is 7.60. The highest BCUT2D eigenvalue weighted by Gasteiger charge is 2.15. The van der Waals surface area contributed by atoms with Crippen LogP contribution in [-0.4, -0.2) is 23.1 Å². The summed E-state index contributed by atoms with van der Waals surface area (Å²) in [5, 5.41) is 8.61. The molecule has 3 nitrogen and oxygen atoms in total. The van der Waals surface area contributed by atoms with Gasteiger partial charge in [-0.1, -0.05) is 25.1 Å². The van der Waals surface area contributed by atoms with Crippen LogP contribution in [0.25, 0.3) is 0 Å². The van der Waals surface area contributed by atoms with Gasteiger partial charge in [-0.3, -0.25) is 9.59 Å². The molecular weight excluding hydrogens is 224 g/mol. The lowest BCUT2D eigenvalue weighted by Crippen LogP contribution is -2.09. The van der Waals surface area contributed by atoms with Crippen LogP contribution < -0.4 is 0 Å². The van der Waals surface area contributed by atoms with E-state index in [1.54, 1.807) is 12.1 Å². The van der Waals surface area contributed by atoms with Gasteiger partial charge in [-0.25, -0.2) is 0 Å². The Morgan fingerprint density at radius 2 is 2.06 bits per heavy atom. The van der Waals surface area contributed by atoms with Gasteiger partial charge in [0.05, 0.1) is 0 Å². The van der Waals surface area contributed by atoms with Crippen molar-refractivity contribution in [2.45, 2.75) is 24.7 Å². The first kappa shape index (κ1) is 12.8. The molecule has 1 rings (SSSR count). The number of hydrogen-bond acceptors (Lipinski definition) is 3. The largest absolute Gasteiger partial charge is 0.481 e. The van der Waals surface area contributed by atoms with Crippen LogP contribution in [0.4, 0.5) is 0 Å². The predicted octanol–water partition coefficient (Wildman–Crippen LogP) is 2.63. The fourth-order valence-electron chi connectivity index (χ4n) is 1.56. The molecule has 0 amide bonds. The number of benzene rings is 1. The highest BCUT2D eigenvalue weighted by molar-refractivity contribution is 7.98. The van der Waals surface area contributed by atoms with Gasteiger partial charge >= 0.3 is 5.97 Å². The number of hydrogen-bond donors (Lipinski definition) is 1. The smallest absolute Gasteiger partial charge is 0.311 e. The van der Waals surface area contributed by atoms with Gasteiger partial charge < -0.3 is 5.11 Å². The minimum atomic E-state index is -1.08. The Morgan fingerprint density at radius 1 is 1.38 bits per heavy atom. The standard InChI is InChI=1S/C12H14O3S/c1-3-8-5-4-6-9(12(8)16-2)10(13)7-11(14)15/h4-6H,3,7H2,1-2H3,(H,14,15). The van der Waals surface area contributed by atoms with Gasteiger partial charge in [-0.15, -0.1) is 11.8 Å². The zero-order valence-corrected chi connectivity index (χ0v) is 10.1. The van der Waals surface area contributed by atoms with E-state index in [9.17, 15) is 9.59 Å². The van der Waals surface area contributed by atoms with Gasteiger partial charge in [0.15, 0.2) is 5.78 Å². The van der Waals surface area contributed by atoms with Crippen LogP contribution >= 0.6 is 11.8 Å². The molecule has 1 aromatic carbocycles. The molecule has 0 spiro atoms. The van der Waals surface area contributed by atoms with E-state index < -0.39 is 12.4 Å². The second-order valence-corrected chi connectivity index (χ2v) is 4.16. The Bertz CT molecular complexity index is 413. The highest BCUT2D eigenvalue weighted by atomic mass is 32.2. The molecular formula is C12H14O3S. The Hall–Kier alpha value is -1.29. The van der Waals surface area contributed by atoms with Gasteiger partial charge in [0.1, 0.15) is 6.42 Å². The summed E-state index contributed by atoms with van der Waals surface area (Å²) >= 11 is 1.49. The van der Waals surface area contributed by atoms with E-state index in [0.717, 1.165) is 16.9 Å². The maximum absolute atomic E-state index is 11.7. The molecule has 0 bridgehead atoms. The fourth-order valence-corrected chi connectivity index (χ4v) is 2.43. The molecule has 86 valence electrons. The lowest BCUT2D eigenvalue weighted by atomic mass is 10.0.